The number of fused-ring (bicyclic) bond motifs is 1. The van der Waals surface area contributed by atoms with Crippen LogP contribution < -0.4 is 0 Å². The van der Waals surface area contributed by atoms with Crippen molar-refractivity contribution in [2.75, 3.05) is 13.2 Å². The largest absolute Gasteiger partial charge is 0.348 e. The van der Waals surface area contributed by atoms with Gasteiger partial charge in [0.05, 0.1) is 18.7 Å². The number of hydrogen-bond acceptors (Lipinski definition) is 3. The Balaban J connectivity index is 1.99. The lowest BCUT2D eigenvalue weighted by molar-refractivity contribution is -0.182. The smallest absolute Gasteiger partial charge is 0.183 e. The second-order valence-electron chi connectivity index (χ2n) is 4.01. The number of pyridine rings is 1. The Labute approximate surface area is 104 Å². The van der Waals surface area contributed by atoms with E-state index in [-0.39, 0.29) is 6.29 Å². The Hall–Kier alpha value is -1.16. The molecule has 1 aliphatic heterocycles. The molecule has 0 saturated carbocycles. The maximum absolute atomic E-state index is 5.88. The summed E-state index contributed by atoms with van der Waals surface area (Å²) >= 11 is 5.88. The number of aromatic nitrogens is 1. The molecular weight excluding hydrogens is 238 g/mol. The van der Waals surface area contributed by atoms with E-state index in [9.17, 15) is 0 Å². The van der Waals surface area contributed by atoms with Crippen LogP contribution in [0, 0.1) is 0 Å². The van der Waals surface area contributed by atoms with Crippen molar-refractivity contribution in [3.63, 3.8) is 0 Å². The highest BCUT2D eigenvalue weighted by Gasteiger charge is 2.16. The Bertz CT molecular complexity index is 538. The van der Waals surface area contributed by atoms with Crippen molar-refractivity contribution in [1.82, 2.24) is 4.98 Å². The third kappa shape index (κ3) is 2.27. The fourth-order valence-corrected chi connectivity index (χ4v) is 2.09. The second kappa shape index (κ2) is 4.61. The topological polar surface area (TPSA) is 31.4 Å². The van der Waals surface area contributed by atoms with E-state index in [1.54, 1.807) is 6.07 Å². The molecule has 0 amide bonds. The zero-order valence-electron chi connectivity index (χ0n) is 9.23. The maximum atomic E-state index is 5.88. The second-order valence-corrected chi connectivity index (χ2v) is 4.40. The van der Waals surface area contributed by atoms with E-state index in [0.717, 1.165) is 36.1 Å². The molecule has 88 valence electrons. The van der Waals surface area contributed by atoms with Gasteiger partial charge in [0.2, 0.25) is 0 Å². The molecule has 1 aromatic heterocycles. The van der Waals surface area contributed by atoms with Gasteiger partial charge in [-0.15, -0.1) is 0 Å². The zero-order valence-corrected chi connectivity index (χ0v) is 9.98. The van der Waals surface area contributed by atoms with Gasteiger partial charge in [-0.3, -0.25) is 0 Å². The lowest BCUT2D eigenvalue weighted by atomic mass is 10.1. The van der Waals surface area contributed by atoms with Gasteiger partial charge in [0, 0.05) is 10.9 Å². The fourth-order valence-electron chi connectivity index (χ4n) is 1.94. The molecule has 1 saturated heterocycles. The third-order valence-corrected chi connectivity index (χ3v) is 2.99. The van der Waals surface area contributed by atoms with Crippen LogP contribution in [0.15, 0.2) is 30.3 Å². The van der Waals surface area contributed by atoms with Gasteiger partial charge in [-0.2, -0.15) is 0 Å². The van der Waals surface area contributed by atoms with Crippen LogP contribution in [-0.4, -0.2) is 18.2 Å². The first kappa shape index (κ1) is 11.0. The predicted molar refractivity (Wildman–Crippen MR) is 66.0 cm³/mol. The number of ether oxygens (including phenoxy) is 2. The van der Waals surface area contributed by atoms with Gasteiger partial charge in [-0.25, -0.2) is 4.98 Å². The zero-order chi connectivity index (χ0) is 11.7. The molecule has 2 aromatic rings. The molecule has 3 rings (SSSR count). The number of benzene rings is 1. The minimum absolute atomic E-state index is 0.270. The van der Waals surface area contributed by atoms with Crippen molar-refractivity contribution < 1.29 is 9.47 Å². The van der Waals surface area contributed by atoms with Crippen LogP contribution in [0.2, 0.25) is 5.15 Å². The van der Waals surface area contributed by atoms with Crippen molar-refractivity contribution in [3.05, 3.63) is 41.0 Å². The molecular formula is C13H12ClNO2. The van der Waals surface area contributed by atoms with Crippen LogP contribution in [-0.2, 0) is 9.47 Å². The minimum atomic E-state index is -0.270. The molecule has 3 nitrogen and oxygen atoms in total. The van der Waals surface area contributed by atoms with Crippen LogP contribution >= 0.6 is 11.6 Å². The monoisotopic (exact) mass is 249 g/mol. The number of halogens is 1. The van der Waals surface area contributed by atoms with Gasteiger partial charge in [-0.05, 0) is 24.6 Å². The molecule has 0 N–H and O–H groups in total. The number of rotatable bonds is 1. The molecule has 1 fully saturated rings. The van der Waals surface area contributed by atoms with Crippen molar-refractivity contribution >= 4 is 22.5 Å². The van der Waals surface area contributed by atoms with Gasteiger partial charge in [0.1, 0.15) is 5.15 Å². The van der Waals surface area contributed by atoms with Gasteiger partial charge in [0.15, 0.2) is 6.29 Å². The minimum Gasteiger partial charge on any atom is -0.348 e. The summed E-state index contributed by atoms with van der Waals surface area (Å²) in [6.07, 6.45) is 0.683. The van der Waals surface area contributed by atoms with Gasteiger partial charge in [0.25, 0.3) is 0 Å². The average molecular weight is 250 g/mol. The molecule has 1 aromatic carbocycles. The Kier molecular flexibility index (Phi) is 2.97. The fraction of sp³-hybridized carbons (Fsp3) is 0.308. The van der Waals surface area contributed by atoms with E-state index in [1.807, 2.05) is 24.3 Å². The molecule has 0 aliphatic carbocycles. The summed E-state index contributed by atoms with van der Waals surface area (Å²) in [5.41, 5.74) is 1.86. The van der Waals surface area contributed by atoms with Crippen LogP contribution in [0.5, 0.6) is 0 Å². The van der Waals surface area contributed by atoms with Crippen molar-refractivity contribution in [3.8, 4) is 0 Å². The first-order chi connectivity index (χ1) is 8.33. The average Bonchev–Trinajstić information content (AvgIpc) is 2.39. The van der Waals surface area contributed by atoms with E-state index in [4.69, 9.17) is 21.1 Å². The summed E-state index contributed by atoms with van der Waals surface area (Å²) in [5.74, 6) is 0. The quantitative estimate of drug-likeness (QED) is 0.727. The highest BCUT2D eigenvalue weighted by atomic mass is 35.5. The van der Waals surface area contributed by atoms with E-state index in [0.29, 0.717) is 5.15 Å². The van der Waals surface area contributed by atoms with Crippen molar-refractivity contribution in [2.45, 2.75) is 12.7 Å². The first-order valence-electron chi connectivity index (χ1n) is 5.62. The first-order valence-corrected chi connectivity index (χ1v) is 6.00. The predicted octanol–water partition coefficient (Wildman–Crippen LogP) is 3.32. The Morgan fingerprint density at radius 3 is 2.71 bits per heavy atom. The van der Waals surface area contributed by atoms with Crippen LogP contribution in [0.25, 0.3) is 10.9 Å². The SMILES string of the molecule is Clc1ccc2ccc(C3OCCCO3)cc2n1. The molecule has 1 aliphatic rings. The van der Waals surface area contributed by atoms with Crippen LogP contribution in [0.4, 0.5) is 0 Å². The van der Waals surface area contributed by atoms with Crippen LogP contribution in [0.3, 0.4) is 0 Å². The van der Waals surface area contributed by atoms with Gasteiger partial charge in [-0.1, -0.05) is 23.7 Å². The van der Waals surface area contributed by atoms with Crippen molar-refractivity contribution in [1.29, 1.82) is 0 Å². The number of nitrogens with zero attached hydrogens (tertiary/aromatic N) is 1. The van der Waals surface area contributed by atoms with Gasteiger partial charge < -0.3 is 9.47 Å². The Morgan fingerprint density at radius 2 is 1.88 bits per heavy atom. The van der Waals surface area contributed by atoms with E-state index in [2.05, 4.69) is 4.98 Å². The van der Waals surface area contributed by atoms with Crippen molar-refractivity contribution in [2.24, 2.45) is 0 Å². The highest BCUT2D eigenvalue weighted by Crippen LogP contribution is 2.26. The molecule has 0 radical (unpaired) electrons. The summed E-state index contributed by atoms with van der Waals surface area (Å²) in [7, 11) is 0. The molecule has 0 atom stereocenters. The van der Waals surface area contributed by atoms with Crippen LogP contribution in [0.1, 0.15) is 18.3 Å². The van der Waals surface area contributed by atoms with E-state index < -0.39 is 0 Å². The molecule has 4 heteroatoms. The summed E-state index contributed by atoms with van der Waals surface area (Å²) in [6.45, 7) is 1.48. The van der Waals surface area contributed by atoms with Gasteiger partial charge >= 0.3 is 0 Å². The molecule has 17 heavy (non-hydrogen) atoms. The number of hydrogen-bond donors (Lipinski definition) is 0. The molecule has 0 spiro atoms. The summed E-state index contributed by atoms with van der Waals surface area (Å²) in [5, 5.41) is 1.56. The summed E-state index contributed by atoms with van der Waals surface area (Å²) in [6, 6.07) is 9.73. The highest BCUT2D eigenvalue weighted by molar-refractivity contribution is 6.29. The molecule has 2 heterocycles. The molecule has 0 bridgehead atoms. The lowest BCUT2D eigenvalue weighted by Gasteiger charge is -2.23. The Morgan fingerprint density at radius 1 is 1.12 bits per heavy atom. The van der Waals surface area contributed by atoms with E-state index >= 15 is 0 Å². The summed E-state index contributed by atoms with van der Waals surface area (Å²) < 4.78 is 11.1. The maximum Gasteiger partial charge on any atom is 0.183 e. The standard InChI is InChI=1S/C13H12ClNO2/c14-12-5-4-9-2-3-10(8-11(9)15-12)13-16-6-1-7-17-13/h2-5,8,13H,1,6-7H2. The molecule has 0 unspecified atom stereocenters. The normalized spacial score (nSPS) is 17.5. The van der Waals surface area contributed by atoms with E-state index in [1.165, 1.54) is 0 Å². The summed E-state index contributed by atoms with van der Waals surface area (Å²) in [4.78, 5) is 4.29. The lowest BCUT2D eigenvalue weighted by Crippen LogP contribution is -2.17. The third-order valence-electron chi connectivity index (χ3n) is 2.78.